The zero-order chi connectivity index (χ0) is 14.3. The van der Waals surface area contributed by atoms with Crippen LogP contribution in [0.1, 0.15) is 32.4 Å². The Hall–Kier alpha value is -0.970. The first-order valence-electron chi connectivity index (χ1n) is 6.53. The molecule has 0 radical (unpaired) electrons. The third kappa shape index (κ3) is 6.66. The van der Waals surface area contributed by atoms with Gasteiger partial charge in [0, 0.05) is 19.2 Å². The molecule has 0 aromatic heterocycles. The summed E-state index contributed by atoms with van der Waals surface area (Å²) < 4.78 is 23.7. The standard InChI is InChI=1S/C15H24FNO2/c1-15(2,3)17-11-14(19-10-9-18-4)12-5-7-13(16)8-6-12/h5-8,14,17H,9-11H2,1-4H3. The van der Waals surface area contributed by atoms with E-state index in [9.17, 15) is 4.39 Å². The van der Waals surface area contributed by atoms with E-state index >= 15 is 0 Å². The van der Waals surface area contributed by atoms with Gasteiger partial charge in [-0.15, -0.1) is 0 Å². The van der Waals surface area contributed by atoms with Crippen molar-refractivity contribution in [3.05, 3.63) is 35.6 Å². The third-order valence-electron chi connectivity index (χ3n) is 2.67. The maximum absolute atomic E-state index is 13.0. The summed E-state index contributed by atoms with van der Waals surface area (Å²) >= 11 is 0. The fourth-order valence-corrected chi connectivity index (χ4v) is 1.62. The molecule has 0 aliphatic rings. The Morgan fingerprint density at radius 3 is 2.32 bits per heavy atom. The number of ether oxygens (including phenoxy) is 2. The highest BCUT2D eigenvalue weighted by Gasteiger charge is 2.16. The van der Waals surface area contributed by atoms with Gasteiger partial charge >= 0.3 is 0 Å². The quantitative estimate of drug-likeness (QED) is 0.772. The smallest absolute Gasteiger partial charge is 0.123 e. The van der Waals surface area contributed by atoms with Crippen molar-refractivity contribution in [1.29, 1.82) is 0 Å². The third-order valence-corrected chi connectivity index (χ3v) is 2.67. The zero-order valence-corrected chi connectivity index (χ0v) is 12.2. The maximum Gasteiger partial charge on any atom is 0.123 e. The molecule has 0 amide bonds. The van der Waals surface area contributed by atoms with Gasteiger partial charge in [-0.3, -0.25) is 0 Å². The Morgan fingerprint density at radius 1 is 1.16 bits per heavy atom. The number of rotatable bonds is 7. The minimum Gasteiger partial charge on any atom is -0.382 e. The van der Waals surface area contributed by atoms with Gasteiger partial charge in [0.05, 0.1) is 19.3 Å². The van der Waals surface area contributed by atoms with Crippen LogP contribution in [0.15, 0.2) is 24.3 Å². The lowest BCUT2D eigenvalue weighted by molar-refractivity contribution is 0.0139. The van der Waals surface area contributed by atoms with E-state index in [2.05, 4.69) is 26.1 Å². The van der Waals surface area contributed by atoms with Crippen molar-refractivity contribution in [2.45, 2.75) is 32.4 Å². The largest absolute Gasteiger partial charge is 0.382 e. The fourth-order valence-electron chi connectivity index (χ4n) is 1.62. The van der Waals surface area contributed by atoms with E-state index in [1.807, 2.05) is 0 Å². The molecule has 1 rings (SSSR count). The van der Waals surface area contributed by atoms with Crippen LogP contribution in [0.4, 0.5) is 4.39 Å². The van der Waals surface area contributed by atoms with Crippen LogP contribution in [0.3, 0.4) is 0 Å². The molecule has 0 saturated carbocycles. The first-order chi connectivity index (χ1) is 8.92. The molecule has 0 aliphatic carbocycles. The average molecular weight is 269 g/mol. The Balaban J connectivity index is 2.65. The molecular weight excluding hydrogens is 245 g/mol. The lowest BCUT2D eigenvalue weighted by Crippen LogP contribution is -2.39. The normalized spacial score (nSPS) is 13.5. The topological polar surface area (TPSA) is 30.5 Å². The summed E-state index contributed by atoms with van der Waals surface area (Å²) in [4.78, 5) is 0. The number of halogens is 1. The number of hydrogen-bond acceptors (Lipinski definition) is 3. The molecule has 4 heteroatoms. The van der Waals surface area contributed by atoms with Gasteiger partial charge in [0.1, 0.15) is 5.82 Å². The predicted octanol–water partition coefficient (Wildman–Crippen LogP) is 2.92. The minimum atomic E-state index is -0.233. The molecule has 0 spiro atoms. The molecule has 0 fully saturated rings. The number of hydrogen-bond donors (Lipinski definition) is 1. The summed E-state index contributed by atoms with van der Waals surface area (Å²) in [7, 11) is 1.64. The highest BCUT2D eigenvalue weighted by Crippen LogP contribution is 2.18. The van der Waals surface area contributed by atoms with Gasteiger partial charge < -0.3 is 14.8 Å². The Bertz CT molecular complexity index is 359. The molecule has 0 bridgehead atoms. The van der Waals surface area contributed by atoms with Crippen molar-refractivity contribution >= 4 is 0 Å². The van der Waals surface area contributed by atoms with Gasteiger partial charge in [-0.1, -0.05) is 12.1 Å². The zero-order valence-electron chi connectivity index (χ0n) is 12.2. The van der Waals surface area contributed by atoms with Crippen molar-refractivity contribution in [3.8, 4) is 0 Å². The molecule has 0 saturated heterocycles. The van der Waals surface area contributed by atoms with Crippen LogP contribution in [-0.2, 0) is 9.47 Å². The van der Waals surface area contributed by atoms with Crippen LogP contribution in [0, 0.1) is 5.82 Å². The maximum atomic E-state index is 13.0. The fraction of sp³-hybridized carbons (Fsp3) is 0.600. The van der Waals surface area contributed by atoms with E-state index in [0.717, 1.165) is 5.56 Å². The molecule has 0 heterocycles. The molecular formula is C15H24FNO2. The summed E-state index contributed by atoms with van der Waals surface area (Å²) in [6.07, 6.45) is -0.102. The Labute approximate surface area is 115 Å². The van der Waals surface area contributed by atoms with Gasteiger partial charge in [-0.05, 0) is 38.5 Å². The van der Waals surface area contributed by atoms with Gasteiger partial charge in [-0.2, -0.15) is 0 Å². The van der Waals surface area contributed by atoms with Crippen LogP contribution in [0.2, 0.25) is 0 Å². The summed E-state index contributed by atoms with van der Waals surface area (Å²) in [5.74, 6) is -0.233. The van der Waals surface area contributed by atoms with E-state index in [4.69, 9.17) is 9.47 Å². The SMILES string of the molecule is COCCOC(CNC(C)(C)C)c1ccc(F)cc1. The van der Waals surface area contributed by atoms with Gasteiger partial charge in [-0.25, -0.2) is 4.39 Å². The number of benzene rings is 1. The van der Waals surface area contributed by atoms with Crippen molar-refractivity contribution in [1.82, 2.24) is 5.32 Å². The molecule has 1 aromatic carbocycles. The van der Waals surface area contributed by atoms with Crippen LogP contribution in [-0.4, -0.2) is 32.4 Å². The molecule has 19 heavy (non-hydrogen) atoms. The lowest BCUT2D eigenvalue weighted by Gasteiger charge is -2.25. The van der Waals surface area contributed by atoms with E-state index in [1.165, 1.54) is 12.1 Å². The molecule has 1 aromatic rings. The Kier molecular flexibility index (Phi) is 6.42. The van der Waals surface area contributed by atoms with E-state index in [1.54, 1.807) is 19.2 Å². The van der Waals surface area contributed by atoms with E-state index < -0.39 is 0 Å². The van der Waals surface area contributed by atoms with E-state index in [0.29, 0.717) is 19.8 Å². The summed E-state index contributed by atoms with van der Waals surface area (Å²) in [6.45, 7) is 8.05. The molecule has 3 nitrogen and oxygen atoms in total. The van der Waals surface area contributed by atoms with Crippen LogP contribution < -0.4 is 5.32 Å². The highest BCUT2D eigenvalue weighted by molar-refractivity contribution is 5.19. The second kappa shape index (κ2) is 7.58. The van der Waals surface area contributed by atoms with Gasteiger partial charge in [0.2, 0.25) is 0 Å². The number of methoxy groups -OCH3 is 1. The molecule has 0 aliphatic heterocycles. The highest BCUT2D eigenvalue weighted by atomic mass is 19.1. The monoisotopic (exact) mass is 269 g/mol. The molecule has 1 atom stereocenters. The van der Waals surface area contributed by atoms with Gasteiger partial charge in [0.15, 0.2) is 0 Å². The first-order valence-corrected chi connectivity index (χ1v) is 6.53. The average Bonchev–Trinajstić information content (AvgIpc) is 2.34. The second-order valence-electron chi connectivity index (χ2n) is 5.53. The summed E-state index contributed by atoms with van der Waals surface area (Å²) in [5, 5.41) is 3.40. The Morgan fingerprint density at radius 2 is 1.79 bits per heavy atom. The molecule has 1 N–H and O–H groups in total. The minimum absolute atomic E-state index is 0.0168. The second-order valence-corrected chi connectivity index (χ2v) is 5.53. The summed E-state index contributed by atoms with van der Waals surface area (Å²) in [5.41, 5.74) is 0.984. The van der Waals surface area contributed by atoms with E-state index in [-0.39, 0.29) is 17.5 Å². The molecule has 1 unspecified atom stereocenters. The molecule has 108 valence electrons. The van der Waals surface area contributed by atoms with Crippen LogP contribution >= 0.6 is 0 Å². The van der Waals surface area contributed by atoms with Crippen molar-refractivity contribution in [2.75, 3.05) is 26.9 Å². The lowest BCUT2D eigenvalue weighted by atomic mass is 10.1. The van der Waals surface area contributed by atoms with Crippen molar-refractivity contribution < 1.29 is 13.9 Å². The van der Waals surface area contributed by atoms with Crippen molar-refractivity contribution in [3.63, 3.8) is 0 Å². The number of nitrogens with one attached hydrogen (secondary N) is 1. The van der Waals surface area contributed by atoms with Crippen LogP contribution in [0.5, 0.6) is 0 Å². The predicted molar refractivity (Wildman–Crippen MR) is 74.7 cm³/mol. The van der Waals surface area contributed by atoms with Crippen molar-refractivity contribution in [2.24, 2.45) is 0 Å². The first kappa shape index (κ1) is 16.1. The summed E-state index contributed by atoms with van der Waals surface area (Å²) in [6, 6.07) is 6.44. The van der Waals surface area contributed by atoms with Gasteiger partial charge in [0.25, 0.3) is 0 Å². The van der Waals surface area contributed by atoms with Crippen LogP contribution in [0.25, 0.3) is 0 Å².